The SMILES string of the molecule is SCC1(CSc2ccc3c(c2)CCC3)CCCCC1. The van der Waals surface area contributed by atoms with Gasteiger partial charge in [-0.2, -0.15) is 12.6 Å². The smallest absolute Gasteiger partial charge is 0.00750 e. The molecule has 1 aromatic rings. The van der Waals surface area contributed by atoms with Crippen molar-refractivity contribution in [2.75, 3.05) is 11.5 Å². The fraction of sp³-hybridized carbons (Fsp3) is 0.647. The minimum absolute atomic E-state index is 0.505. The first-order chi connectivity index (χ1) is 9.31. The van der Waals surface area contributed by atoms with Gasteiger partial charge in [0, 0.05) is 10.6 Å². The normalized spacial score (nSPS) is 21.3. The molecule has 0 atom stereocenters. The van der Waals surface area contributed by atoms with Gasteiger partial charge in [0.1, 0.15) is 0 Å². The highest BCUT2D eigenvalue weighted by Crippen LogP contribution is 2.41. The quantitative estimate of drug-likeness (QED) is 0.591. The number of benzene rings is 1. The van der Waals surface area contributed by atoms with Gasteiger partial charge in [0.15, 0.2) is 0 Å². The lowest BCUT2D eigenvalue weighted by Crippen LogP contribution is -2.28. The van der Waals surface area contributed by atoms with Crippen LogP contribution in [-0.2, 0) is 12.8 Å². The van der Waals surface area contributed by atoms with Crippen molar-refractivity contribution >= 4 is 24.4 Å². The molecule has 0 bridgehead atoms. The number of thiol groups is 1. The van der Waals surface area contributed by atoms with E-state index >= 15 is 0 Å². The Kier molecular flexibility index (Phi) is 4.48. The van der Waals surface area contributed by atoms with Crippen LogP contribution in [-0.4, -0.2) is 11.5 Å². The van der Waals surface area contributed by atoms with Gasteiger partial charge in [-0.05, 0) is 66.5 Å². The maximum Gasteiger partial charge on any atom is 0.00750 e. The Morgan fingerprint density at radius 2 is 1.79 bits per heavy atom. The minimum atomic E-state index is 0.505. The molecule has 0 spiro atoms. The Labute approximate surface area is 127 Å². The Bertz CT molecular complexity index is 433. The van der Waals surface area contributed by atoms with Gasteiger partial charge in [-0.25, -0.2) is 0 Å². The van der Waals surface area contributed by atoms with Crippen LogP contribution in [0.25, 0.3) is 0 Å². The molecule has 0 N–H and O–H groups in total. The third-order valence-electron chi connectivity index (χ3n) is 4.86. The van der Waals surface area contributed by atoms with Gasteiger partial charge in [-0.3, -0.25) is 0 Å². The zero-order chi connectivity index (χ0) is 13.1. The number of thioether (sulfide) groups is 1. The van der Waals surface area contributed by atoms with Crippen LogP contribution in [0, 0.1) is 5.41 Å². The van der Waals surface area contributed by atoms with E-state index in [1.165, 1.54) is 62.0 Å². The van der Waals surface area contributed by atoms with Gasteiger partial charge < -0.3 is 0 Å². The molecule has 0 saturated heterocycles. The van der Waals surface area contributed by atoms with Gasteiger partial charge in [0.05, 0.1) is 0 Å². The molecular weight excluding hydrogens is 268 g/mol. The van der Waals surface area contributed by atoms with Gasteiger partial charge in [0.25, 0.3) is 0 Å². The molecule has 0 nitrogen and oxygen atoms in total. The third kappa shape index (κ3) is 3.16. The average Bonchev–Trinajstić information content (AvgIpc) is 2.93. The van der Waals surface area contributed by atoms with Crippen molar-refractivity contribution in [3.8, 4) is 0 Å². The second kappa shape index (κ2) is 6.13. The summed E-state index contributed by atoms with van der Waals surface area (Å²) in [6.07, 6.45) is 10.9. The highest BCUT2D eigenvalue weighted by Gasteiger charge is 2.30. The van der Waals surface area contributed by atoms with Crippen molar-refractivity contribution in [3.63, 3.8) is 0 Å². The molecular formula is C17H24S2. The second-order valence-corrected chi connectivity index (χ2v) is 7.66. The Balaban J connectivity index is 1.65. The molecule has 0 amide bonds. The van der Waals surface area contributed by atoms with Gasteiger partial charge in [0.2, 0.25) is 0 Å². The summed E-state index contributed by atoms with van der Waals surface area (Å²) in [4.78, 5) is 1.48. The number of hydrogen-bond acceptors (Lipinski definition) is 2. The summed E-state index contributed by atoms with van der Waals surface area (Å²) in [6.45, 7) is 0. The topological polar surface area (TPSA) is 0 Å². The number of hydrogen-bond donors (Lipinski definition) is 1. The lowest BCUT2D eigenvalue weighted by Gasteiger charge is -2.35. The largest absolute Gasteiger partial charge is 0.179 e. The van der Waals surface area contributed by atoms with Crippen LogP contribution in [0.3, 0.4) is 0 Å². The molecule has 0 aliphatic heterocycles. The second-order valence-electron chi connectivity index (χ2n) is 6.29. The van der Waals surface area contributed by atoms with Gasteiger partial charge >= 0.3 is 0 Å². The lowest BCUT2D eigenvalue weighted by atomic mass is 9.77. The van der Waals surface area contributed by atoms with E-state index in [4.69, 9.17) is 0 Å². The van der Waals surface area contributed by atoms with Crippen molar-refractivity contribution in [3.05, 3.63) is 29.3 Å². The summed E-state index contributed by atoms with van der Waals surface area (Å²) in [7, 11) is 0. The number of rotatable bonds is 4. The molecule has 0 radical (unpaired) electrons. The summed E-state index contributed by atoms with van der Waals surface area (Å²) >= 11 is 6.71. The molecule has 0 aromatic heterocycles. The minimum Gasteiger partial charge on any atom is -0.179 e. The highest BCUT2D eigenvalue weighted by molar-refractivity contribution is 7.99. The summed E-state index contributed by atoms with van der Waals surface area (Å²) in [5.74, 6) is 2.32. The zero-order valence-corrected chi connectivity index (χ0v) is 13.4. The molecule has 0 heterocycles. The van der Waals surface area contributed by atoms with Gasteiger partial charge in [-0.1, -0.05) is 25.3 Å². The van der Waals surface area contributed by atoms with Crippen LogP contribution in [0.5, 0.6) is 0 Å². The highest BCUT2D eigenvalue weighted by atomic mass is 32.2. The molecule has 1 aromatic carbocycles. The summed E-state index contributed by atoms with van der Waals surface area (Å²) in [5.41, 5.74) is 3.70. The fourth-order valence-electron chi connectivity index (χ4n) is 3.52. The predicted octanol–water partition coefficient (Wildman–Crippen LogP) is 5.15. The molecule has 2 aliphatic rings. The molecule has 0 unspecified atom stereocenters. The van der Waals surface area contributed by atoms with Crippen molar-refractivity contribution < 1.29 is 0 Å². The maximum absolute atomic E-state index is 4.65. The Hall–Kier alpha value is -0.0800. The van der Waals surface area contributed by atoms with E-state index in [1.54, 1.807) is 11.1 Å². The van der Waals surface area contributed by atoms with Crippen LogP contribution < -0.4 is 0 Å². The predicted molar refractivity (Wildman–Crippen MR) is 88.6 cm³/mol. The van der Waals surface area contributed by atoms with E-state index in [-0.39, 0.29) is 0 Å². The monoisotopic (exact) mass is 292 g/mol. The first kappa shape index (κ1) is 13.9. The lowest BCUT2D eigenvalue weighted by molar-refractivity contribution is 0.259. The Morgan fingerprint density at radius 3 is 2.58 bits per heavy atom. The van der Waals surface area contributed by atoms with E-state index < -0.39 is 0 Å². The van der Waals surface area contributed by atoms with E-state index in [0.717, 1.165) is 5.75 Å². The summed E-state index contributed by atoms with van der Waals surface area (Å²) in [6, 6.07) is 7.14. The summed E-state index contributed by atoms with van der Waals surface area (Å²) < 4.78 is 0. The standard InChI is InChI=1S/C17H24S2/c18-12-17(9-2-1-3-10-17)13-19-16-8-7-14-5-4-6-15(14)11-16/h7-8,11,18H,1-6,9-10,12-13H2. The molecule has 104 valence electrons. The molecule has 19 heavy (non-hydrogen) atoms. The molecule has 2 heteroatoms. The molecule has 2 aliphatic carbocycles. The number of aryl methyl sites for hydroxylation is 2. The number of fused-ring (bicyclic) bond motifs is 1. The first-order valence-corrected chi connectivity index (χ1v) is 9.29. The third-order valence-corrected chi connectivity index (χ3v) is 6.88. The summed E-state index contributed by atoms with van der Waals surface area (Å²) in [5, 5.41) is 0. The molecule has 1 fully saturated rings. The van der Waals surface area contributed by atoms with Crippen LogP contribution in [0.15, 0.2) is 23.1 Å². The van der Waals surface area contributed by atoms with Crippen molar-refractivity contribution in [1.29, 1.82) is 0 Å². The molecule has 1 saturated carbocycles. The van der Waals surface area contributed by atoms with E-state index in [2.05, 4.69) is 42.6 Å². The van der Waals surface area contributed by atoms with Gasteiger partial charge in [-0.15, -0.1) is 11.8 Å². The average molecular weight is 293 g/mol. The van der Waals surface area contributed by atoms with E-state index in [9.17, 15) is 0 Å². The first-order valence-electron chi connectivity index (χ1n) is 7.67. The Morgan fingerprint density at radius 1 is 1.00 bits per heavy atom. The van der Waals surface area contributed by atoms with Crippen LogP contribution in [0.4, 0.5) is 0 Å². The molecule has 3 rings (SSSR count). The van der Waals surface area contributed by atoms with Crippen molar-refractivity contribution in [1.82, 2.24) is 0 Å². The maximum atomic E-state index is 4.65. The van der Waals surface area contributed by atoms with E-state index in [0.29, 0.717) is 5.41 Å². The van der Waals surface area contributed by atoms with E-state index in [1.807, 2.05) is 0 Å². The fourth-order valence-corrected chi connectivity index (χ4v) is 5.36. The van der Waals surface area contributed by atoms with Crippen molar-refractivity contribution in [2.24, 2.45) is 5.41 Å². The van der Waals surface area contributed by atoms with Crippen molar-refractivity contribution in [2.45, 2.75) is 56.3 Å². The van der Waals surface area contributed by atoms with Crippen LogP contribution >= 0.6 is 24.4 Å². The van der Waals surface area contributed by atoms with Crippen LogP contribution in [0.2, 0.25) is 0 Å². The van der Waals surface area contributed by atoms with Crippen LogP contribution in [0.1, 0.15) is 49.7 Å². The zero-order valence-electron chi connectivity index (χ0n) is 11.7.